The summed E-state index contributed by atoms with van der Waals surface area (Å²) in [6.07, 6.45) is 2.75. The van der Waals surface area contributed by atoms with E-state index in [0.29, 0.717) is 0 Å². The van der Waals surface area contributed by atoms with Crippen LogP contribution in [0.1, 0.15) is 48.0 Å². The first-order chi connectivity index (χ1) is 12.6. The number of rotatable bonds is 3. The average Bonchev–Trinajstić information content (AvgIpc) is 2.83. The Hall–Kier alpha value is -2.36. The molecule has 2 heterocycles. The highest BCUT2D eigenvalue weighted by molar-refractivity contribution is 5.81. The second kappa shape index (κ2) is 8.55. The monoisotopic (exact) mass is 367 g/mol. The molecule has 0 saturated carbocycles. The Kier molecular flexibility index (Phi) is 6.63. The summed E-state index contributed by atoms with van der Waals surface area (Å²) in [6, 6.07) is 12.0. The minimum Gasteiger partial charge on any atom is -0.295 e. The van der Waals surface area contributed by atoms with Gasteiger partial charge in [0, 0.05) is 25.4 Å². The Morgan fingerprint density at radius 3 is 2.26 bits per heavy atom. The summed E-state index contributed by atoms with van der Waals surface area (Å²) >= 11 is 0. The number of aromatic nitrogens is 3. The molecule has 146 valence electrons. The van der Waals surface area contributed by atoms with Crippen LogP contribution in [0.2, 0.25) is 0 Å². The second-order valence-corrected chi connectivity index (χ2v) is 8.95. The van der Waals surface area contributed by atoms with Crippen molar-refractivity contribution in [2.75, 3.05) is 0 Å². The van der Waals surface area contributed by atoms with Crippen molar-refractivity contribution in [3.63, 3.8) is 0 Å². The summed E-state index contributed by atoms with van der Waals surface area (Å²) in [4.78, 5) is 17.0. The van der Waals surface area contributed by atoms with Gasteiger partial charge < -0.3 is 0 Å². The van der Waals surface area contributed by atoms with Crippen molar-refractivity contribution in [3.8, 4) is 11.3 Å². The predicted molar refractivity (Wildman–Crippen MR) is 115 cm³/mol. The molecule has 0 saturated heterocycles. The summed E-state index contributed by atoms with van der Waals surface area (Å²) in [5.74, 6) is 0.833. The highest BCUT2D eigenvalue weighted by Crippen LogP contribution is 2.24. The van der Waals surface area contributed by atoms with Gasteiger partial charge >= 0.3 is 5.69 Å². The van der Waals surface area contributed by atoms with Crippen LogP contribution in [0.5, 0.6) is 0 Å². The Labute approximate surface area is 162 Å². The van der Waals surface area contributed by atoms with Crippen molar-refractivity contribution in [1.82, 2.24) is 14.1 Å². The first kappa shape index (κ1) is 20.9. The highest BCUT2D eigenvalue weighted by Gasteiger charge is 2.15. The van der Waals surface area contributed by atoms with Crippen LogP contribution in [-0.4, -0.2) is 14.1 Å². The van der Waals surface area contributed by atoms with E-state index in [9.17, 15) is 4.79 Å². The first-order valence-electron chi connectivity index (χ1n) is 9.71. The lowest BCUT2D eigenvalue weighted by Crippen LogP contribution is -2.24. The maximum atomic E-state index is 12.6. The van der Waals surface area contributed by atoms with E-state index in [1.807, 2.05) is 48.0 Å². The molecule has 0 bridgehead atoms. The molecule has 0 N–H and O–H groups in total. The summed E-state index contributed by atoms with van der Waals surface area (Å²) in [6.45, 7) is 13.8. The fourth-order valence-corrected chi connectivity index (χ4v) is 2.76. The molecule has 2 aromatic heterocycles. The van der Waals surface area contributed by atoms with Crippen molar-refractivity contribution >= 4 is 11.0 Å². The molecule has 4 nitrogen and oxygen atoms in total. The molecule has 1 aromatic carbocycles. The van der Waals surface area contributed by atoms with Crippen LogP contribution >= 0.6 is 0 Å². The maximum absolute atomic E-state index is 12.6. The van der Waals surface area contributed by atoms with Crippen molar-refractivity contribution in [3.05, 3.63) is 53.1 Å². The molecule has 0 spiro atoms. The number of aryl methyl sites for hydroxylation is 2. The smallest absolute Gasteiger partial charge is 0.295 e. The normalized spacial score (nSPS) is 11.6. The minimum atomic E-state index is 0.0439. The Balaban J connectivity index is 0.000000596. The van der Waals surface area contributed by atoms with Crippen LogP contribution in [0, 0.1) is 11.3 Å². The second-order valence-electron chi connectivity index (χ2n) is 8.95. The standard InChI is InChI=1S/C19H23N3O.C4H10/c1-19(2,3)10-12-22-16-9-8-14(15-7-5-6-11-20-15)13-17(16)21(4)18(22)23;1-4(2)3/h5-9,11,13H,10,12H2,1-4H3;4H,1-3H3. The fourth-order valence-electron chi connectivity index (χ4n) is 2.76. The molecule has 4 heteroatoms. The van der Waals surface area contributed by atoms with E-state index >= 15 is 0 Å². The van der Waals surface area contributed by atoms with Gasteiger partial charge in [0.15, 0.2) is 0 Å². The number of fused-ring (bicyclic) bond motifs is 1. The SMILES string of the molecule is CC(C)C.Cn1c(=O)n(CCC(C)(C)C)c2ccc(-c3ccccn3)cc21. The van der Waals surface area contributed by atoms with Crippen LogP contribution < -0.4 is 5.69 Å². The molecule has 0 aliphatic rings. The van der Waals surface area contributed by atoms with Crippen LogP contribution in [-0.2, 0) is 13.6 Å². The van der Waals surface area contributed by atoms with E-state index in [2.05, 4.69) is 46.5 Å². The van der Waals surface area contributed by atoms with E-state index in [0.717, 1.165) is 41.2 Å². The molecular formula is C23H33N3O. The molecular weight excluding hydrogens is 334 g/mol. The third kappa shape index (κ3) is 5.56. The lowest BCUT2D eigenvalue weighted by molar-refractivity contribution is 0.349. The Morgan fingerprint density at radius 1 is 1.04 bits per heavy atom. The summed E-state index contributed by atoms with van der Waals surface area (Å²) in [5.41, 5.74) is 4.14. The van der Waals surface area contributed by atoms with E-state index in [-0.39, 0.29) is 11.1 Å². The molecule has 0 aliphatic carbocycles. The lowest BCUT2D eigenvalue weighted by atomic mass is 9.92. The van der Waals surface area contributed by atoms with Crippen LogP contribution in [0.4, 0.5) is 0 Å². The Morgan fingerprint density at radius 2 is 1.70 bits per heavy atom. The summed E-state index contributed by atoms with van der Waals surface area (Å²) in [7, 11) is 1.83. The van der Waals surface area contributed by atoms with E-state index in [4.69, 9.17) is 0 Å². The molecule has 0 unspecified atom stereocenters. The van der Waals surface area contributed by atoms with Crippen molar-refractivity contribution in [2.24, 2.45) is 18.4 Å². The molecule has 0 amide bonds. The van der Waals surface area contributed by atoms with Crippen LogP contribution in [0.3, 0.4) is 0 Å². The highest BCUT2D eigenvalue weighted by atomic mass is 16.1. The lowest BCUT2D eigenvalue weighted by Gasteiger charge is -2.18. The topological polar surface area (TPSA) is 39.8 Å². The van der Waals surface area contributed by atoms with E-state index in [1.165, 1.54) is 0 Å². The fraction of sp³-hybridized carbons (Fsp3) is 0.478. The summed E-state index contributed by atoms with van der Waals surface area (Å²) < 4.78 is 3.60. The van der Waals surface area contributed by atoms with Crippen molar-refractivity contribution in [1.29, 1.82) is 0 Å². The van der Waals surface area contributed by atoms with Gasteiger partial charge in [-0.05, 0) is 42.0 Å². The molecule has 0 fully saturated rings. The van der Waals surface area contributed by atoms with Gasteiger partial charge in [0.25, 0.3) is 0 Å². The largest absolute Gasteiger partial charge is 0.328 e. The predicted octanol–water partition coefficient (Wildman–Crippen LogP) is 5.50. The first-order valence-corrected chi connectivity index (χ1v) is 9.71. The quantitative estimate of drug-likeness (QED) is 0.613. The van der Waals surface area contributed by atoms with Gasteiger partial charge in [-0.1, -0.05) is 53.7 Å². The van der Waals surface area contributed by atoms with Gasteiger partial charge in [0.05, 0.1) is 16.7 Å². The number of hydrogen-bond donors (Lipinski definition) is 0. The number of imidazole rings is 1. The van der Waals surface area contributed by atoms with Gasteiger partial charge in [-0.25, -0.2) is 4.79 Å². The number of nitrogens with zero attached hydrogens (tertiary/aromatic N) is 3. The van der Waals surface area contributed by atoms with Crippen molar-refractivity contribution < 1.29 is 0 Å². The number of benzene rings is 1. The average molecular weight is 368 g/mol. The van der Waals surface area contributed by atoms with Crippen molar-refractivity contribution in [2.45, 2.75) is 54.5 Å². The van der Waals surface area contributed by atoms with Gasteiger partial charge in [-0.2, -0.15) is 0 Å². The summed E-state index contributed by atoms with van der Waals surface area (Å²) in [5, 5.41) is 0. The van der Waals surface area contributed by atoms with Gasteiger partial charge in [0.1, 0.15) is 0 Å². The molecule has 3 rings (SSSR count). The zero-order valence-corrected chi connectivity index (χ0v) is 17.8. The van der Waals surface area contributed by atoms with E-state index < -0.39 is 0 Å². The van der Waals surface area contributed by atoms with Crippen LogP contribution in [0.25, 0.3) is 22.3 Å². The number of hydrogen-bond acceptors (Lipinski definition) is 2. The van der Waals surface area contributed by atoms with E-state index in [1.54, 1.807) is 10.8 Å². The third-order valence-electron chi connectivity index (χ3n) is 4.19. The zero-order valence-electron chi connectivity index (χ0n) is 17.8. The Bertz CT molecular complexity index is 925. The third-order valence-corrected chi connectivity index (χ3v) is 4.19. The number of pyridine rings is 1. The molecule has 0 atom stereocenters. The van der Waals surface area contributed by atoms with Gasteiger partial charge in [0.2, 0.25) is 0 Å². The minimum absolute atomic E-state index is 0.0439. The molecule has 0 aliphatic heterocycles. The molecule has 27 heavy (non-hydrogen) atoms. The van der Waals surface area contributed by atoms with Gasteiger partial charge in [-0.3, -0.25) is 14.1 Å². The van der Waals surface area contributed by atoms with Crippen LogP contribution in [0.15, 0.2) is 47.4 Å². The zero-order chi connectivity index (χ0) is 20.2. The van der Waals surface area contributed by atoms with Gasteiger partial charge in [-0.15, -0.1) is 0 Å². The molecule has 0 radical (unpaired) electrons. The molecule has 3 aromatic rings. The maximum Gasteiger partial charge on any atom is 0.328 e.